The lowest BCUT2D eigenvalue weighted by Gasteiger charge is -2.18. The summed E-state index contributed by atoms with van der Waals surface area (Å²) in [5.74, 6) is 1.10. The van der Waals surface area contributed by atoms with Gasteiger partial charge in [-0.3, -0.25) is 9.48 Å². The summed E-state index contributed by atoms with van der Waals surface area (Å²) in [6, 6.07) is 5.54. The van der Waals surface area contributed by atoms with Crippen molar-refractivity contribution in [2.75, 3.05) is 17.7 Å². The van der Waals surface area contributed by atoms with Gasteiger partial charge in [-0.2, -0.15) is 5.10 Å². The third kappa shape index (κ3) is 1.58. The van der Waals surface area contributed by atoms with Crippen molar-refractivity contribution >= 4 is 17.4 Å². The molecular weight excluding hydrogens is 232 g/mol. The maximum atomic E-state index is 11.3. The summed E-state index contributed by atoms with van der Waals surface area (Å²) in [6.45, 7) is 0.0569. The predicted molar refractivity (Wildman–Crippen MR) is 67.2 cm³/mol. The summed E-state index contributed by atoms with van der Waals surface area (Å²) in [5, 5.41) is 6.86. The van der Waals surface area contributed by atoms with E-state index in [0.29, 0.717) is 17.3 Å². The Morgan fingerprint density at radius 3 is 3.06 bits per heavy atom. The maximum absolute atomic E-state index is 11.3. The van der Waals surface area contributed by atoms with Crippen LogP contribution in [0.25, 0.3) is 11.1 Å². The Kier molecular flexibility index (Phi) is 2.22. The van der Waals surface area contributed by atoms with Crippen LogP contribution in [0.1, 0.15) is 0 Å². The second-order valence-corrected chi connectivity index (χ2v) is 4.11. The Bertz CT molecular complexity index is 633. The molecule has 18 heavy (non-hydrogen) atoms. The molecule has 1 aromatic heterocycles. The number of nitrogens with zero attached hydrogens (tertiary/aromatic N) is 2. The molecule has 1 amide bonds. The van der Waals surface area contributed by atoms with Gasteiger partial charge in [0.05, 0.1) is 11.9 Å². The minimum atomic E-state index is -0.154. The molecule has 92 valence electrons. The van der Waals surface area contributed by atoms with Crippen LogP contribution in [0.3, 0.4) is 0 Å². The van der Waals surface area contributed by atoms with E-state index in [1.807, 2.05) is 18.2 Å². The van der Waals surface area contributed by atoms with Crippen LogP contribution in [0.5, 0.6) is 5.75 Å². The number of anilines is 2. The Morgan fingerprint density at radius 2 is 2.33 bits per heavy atom. The highest BCUT2D eigenvalue weighted by molar-refractivity contribution is 5.96. The molecule has 6 heteroatoms. The zero-order chi connectivity index (χ0) is 12.7. The van der Waals surface area contributed by atoms with Gasteiger partial charge in [0.15, 0.2) is 6.61 Å². The topological polar surface area (TPSA) is 82.2 Å². The molecule has 0 saturated carbocycles. The van der Waals surface area contributed by atoms with E-state index in [0.717, 1.165) is 11.1 Å². The van der Waals surface area contributed by atoms with Crippen LogP contribution in [0.15, 0.2) is 24.4 Å². The van der Waals surface area contributed by atoms with Gasteiger partial charge in [0.2, 0.25) is 0 Å². The van der Waals surface area contributed by atoms with Crippen LogP contribution in [0, 0.1) is 0 Å². The van der Waals surface area contributed by atoms with Crippen molar-refractivity contribution in [3.05, 3.63) is 24.4 Å². The third-order valence-electron chi connectivity index (χ3n) is 2.91. The molecule has 3 N–H and O–H groups in total. The number of rotatable bonds is 1. The number of amides is 1. The van der Waals surface area contributed by atoms with Crippen LogP contribution in [0.4, 0.5) is 11.5 Å². The van der Waals surface area contributed by atoms with Gasteiger partial charge in [0, 0.05) is 12.6 Å². The molecule has 0 saturated heterocycles. The highest BCUT2D eigenvalue weighted by Crippen LogP contribution is 2.34. The molecule has 0 aliphatic carbocycles. The fourth-order valence-corrected chi connectivity index (χ4v) is 1.92. The summed E-state index contributed by atoms with van der Waals surface area (Å²) >= 11 is 0. The largest absolute Gasteiger partial charge is 0.482 e. The number of hydrogen-bond acceptors (Lipinski definition) is 4. The molecule has 2 heterocycles. The Balaban J connectivity index is 2.07. The molecule has 1 aromatic carbocycles. The highest BCUT2D eigenvalue weighted by Gasteiger charge is 2.17. The van der Waals surface area contributed by atoms with Gasteiger partial charge in [-0.25, -0.2) is 0 Å². The normalized spacial score (nSPS) is 13.7. The Hall–Kier alpha value is -2.50. The number of carbonyl (C=O) groups excluding carboxylic acids is 1. The predicted octanol–water partition coefficient (Wildman–Crippen LogP) is 1.00. The van der Waals surface area contributed by atoms with Crippen molar-refractivity contribution in [1.29, 1.82) is 0 Å². The highest BCUT2D eigenvalue weighted by atomic mass is 16.5. The molecule has 0 spiro atoms. The van der Waals surface area contributed by atoms with Crippen LogP contribution in [0.2, 0.25) is 0 Å². The number of ether oxygens (including phenoxy) is 1. The number of carbonyl (C=O) groups is 1. The van der Waals surface area contributed by atoms with Crippen molar-refractivity contribution in [2.45, 2.75) is 0 Å². The number of fused-ring (bicyclic) bond motifs is 1. The molecule has 0 atom stereocenters. The van der Waals surface area contributed by atoms with Gasteiger partial charge in [0.1, 0.15) is 11.6 Å². The second-order valence-electron chi connectivity index (χ2n) is 4.11. The summed E-state index contributed by atoms with van der Waals surface area (Å²) < 4.78 is 6.90. The van der Waals surface area contributed by atoms with E-state index >= 15 is 0 Å². The van der Waals surface area contributed by atoms with E-state index in [1.54, 1.807) is 17.9 Å². The lowest BCUT2D eigenvalue weighted by molar-refractivity contribution is -0.118. The summed E-state index contributed by atoms with van der Waals surface area (Å²) in [7, 11) is 1.78. The summed E-state index contributed by atoms with van der Waals surface area (Å²) in [5.41, 5.74) is 8.31. The fourth-order valence-electron chi connectivity index (χ4n) is 1.92. The monoisotopic (exact) mass is 244 g/mol. The molecular formula is C12H12N4O2. The van der Waals surface area contributed by atoms with Crippen molar-refractivity contribution in [2.24, 2.45) is 7.05 Å². The smallest absolute Gasteiger partial charge is 0.262 e. The minimum absolute atomic E-state index is 0.0569. The number of hydrogen-bond donors (Lipinski definition) is 2. The first-order valence-corrected chi connectivity index (χ1v) is 5.49. The SMILES string of the molecule is Cn1ncc(-c2ccc3c(c2)NC(=O)CO3)c1N. The van der Waals surface area contributed by atoms with Crippen LogP contribution in [-0.4, -0.2) is 22.3 Å². The molecule has 6 nitrogen and oxygen atoms in total. The standard InChI is InChI=1S/C12H12N4O2/c1-16-12(13)8(5-14-16)7-2-3-10-9(4-7)15-11(17)6-18-10/h2-5H,6,13H2,1H3,(H,15,17). The first-order chi connectivity index (χ1) is 8.65. The van der Waals surface area contributed by atoms with E-state index in [1.165, 1.54) is 0 Å². The number of aryl methyl sites for hydroxylation is 1. The van der Waals surface area contributed by atoms with Crippen LogP contribution < -0.4 is 15.8 Å². The van der Waals surface area contributed by atoms with Gasteiger partial charge >= 0.3 is 0 Å². The number of aromatic nitrogens is 2. The fraction of sp³-hybridized carbons (Fsp3) is 0.167. The number of nitrogens with one attached hydrogen (secondary N) is 1. The number of nitrogen functional groups attached to an aromatic ring is 1. The lowest BCUT2D eigenvalue weighted by Crippen LogP contribution is -2.25. The first kappa shape index (κ1) is 10.6. The van der Waals surface area contributed by atoms with Gasteiger partial charge < -0.3 is 15.8 Å². The zero-order valence-corrected chi connectivity index (χ0v) is 9.80. The van der Waals surface area contributed by atoms with Crippen molar-refractivity contribution in [3.63, 3.8) is 0 Å². The van der Waals surface area contributed by atoms with E-state index in [-0.39, 0.29) is 12.5 Å². The van der Waals surface area contributed by atoms with Crippen molar-refractivity contribution in [1.82, 2.24) is 9.78 Å². The Labute approximate surface area is 103 Å². The molecule has 2 aromatic rings. The molecule has 0 radical (unpaired) electrons. The third-order valence-corrected chi connectivity index (χ3v) is 2.91. The number of nitrogens with two attached hydrogens (primary N) is 1. The average Bonchev–Trinajstić information content (AvgIpc) is 2.69. The van der Waals surface area contributed by atoms with E-state index < -0.39 is 0 Å². The van der Waals surface area contributed by atoms with E-state index in [4.69, 9.17) is 10.5 Å². The van der Waals surface area contributed by atoms with Crippen LogP contribution >= 0.6 is 0 Å². The second kappa shape index (κ2) is 3.76. The number of benzene rings is 1. The molecule has 3 rings (SSSR count). The molecule has 0 bridgehead atoms. The van der Waals surface area contributed by atoms with Crippen LogP contribution in [-0.2, 0) is 11.8 Å². The quantitative estimate of drug-likeness (QED) is 0.784. The van der Waals surface area contributed by atoms with Crippen molar-refractivity contribution < 1.29 is 9.53 Å². The van der Waals surface area contributed by atoms with Gasteiger partial charge in [-0.05, 0) is 17.7 Å². The molecule has 1 aliphatic heterocycles. The molecule has 1 aliphatic rings. The maximum Gasteiger partial charge on any atom is 0.262 e. The lowest BCUT2D eigenvalue weighted by atomic mass is 10.1. The molecule has 0 fully saturated rings. The average molecular weight is 244 g/mol. The summed E-state index contributed by atoms with van der Waals surface area (Å²) in [4.78, 5) is 11.3. The van der Waals surface area contributed by atoms with Crippen molar-refractivity contribution in [3.8, 4) is 16.9 Å². The zero-order valence-electron chi connectivity index (χ0n) is 9.80. The van der Waals surface area contributed by atoms with E-state index in [2.05, 4.69) is 10.4 Å². The minimum Gasteiger partial charge on any atom is -0.482 e. The van der Waals surface area contributed by atoms with E-state index in [9.17, 15) is 4.79 Å². The van der Waals surface area contributed by atoms with Gasteiger partial charge in [0.25, 0.3) is 5.91 Å². The Morgan fingerprint density at radius 1 is 1.50 bits per heavy atom. The van der Waals surface area contributed by atoms with Gasteiger partial charge in [-0.1, -0.05) is 6.07 Å². The summed E-state index contributed by atoms with van der Waals surface area (Å²) in [6.07, 6.45) is 1.70. The van der Waals surface area contributed by atoms with Gasteiger partial charge in [-0.15, -0.1) is 0 Å². The first-order valence-electron chi connectivity index (χ1n) is 5.49. The molecule has 0 unspecified atom stereocenters.